The van der Waals surface area contributed by atoms with Gasteiger partial charge in [-0.2, -0.15) is 0 Å². The minimum atomic E-state index is -3.42. The number of carbonyl (C=O) groups is 1. The molecule has 1 atom stereocenters. The number of benzene rings is 1. The van der Waals surface area contributed by atoms with Crippen LogP contribution in [-0.4, -0.2) is 63.0 Å². The molecule has 0 radical (unpaired) electrons. The molecule has 1 N–H and O–H groups in total. The molecule has 25 heavy (non-hydrogen) atoms. The highest BCUT2D eigenvalue weighted by Crippen LogP contribution is 2.23. The number of ether oxygens (including phenoxy) is 1. The fraction of sp³-hybridized carbons (Fsp3) is 0.588. The fourth-order valence-corrected chi connectivity index (χ4v) is 4.88. The van der Waals surface area contributed by atoms with E-state index in [9.17, 15) is 13.2 Å². The lowest BCUT2D eigenvalue weighted by atomic mass is 9.98. The summed E-state index contributed by atoms with van der Waals surface area (Å²) in [6.45, 7) is 2.90. The van der Waals surface area contributed by atoms with Crippen molar-refractivity contribution in [3.8, 4) is 0 Å². The molecule has 7 nitrogen and oxygen atoms in total. The molecule has 2 aliphatic heterocycles. The number of nitrogens with zero attached hydrogens (tertiary/aromatic N) is 2. The van der Waals surface area contributed by atoms with Gasteiger partial charge in [-0.25, -0.2) is 18.1 Å². The van der Waals surface area contributed by atoms with Crippen LogP contribution < -0.4 is 5.43 Å². The minimum Gasteiger partial charge on any atom is -0.378 e. The third-order valence-electron chi connectivity index (χ3n) is 4.59. The van der Waals surface area contributed by atoms with Crippen molar-refractivity contribution < 1.29 is 17.9 Å². The standard InChI is InChI=1S/C17H25N3O4S/c21-17(20-10-12-24-11-8-18-20)16-7-4-9-19(13-16)25(22,23)14-15-5-2-1-3-6-15/h1-3,5-6,16,18H,4,7-14H2. The van der Waals surface area contributed by atoms with Crippen LogP contribution in [0.25, 0.3) is 0 Å². The van der Waals surface area contributed by atoms with E-state index in [0.29, 0.717) is 39.3 Å². The SMILES string of the molecule is O=C(C1CCCN(S(=O)(=O)Cc2ccccc2)C1)N1CCOCCN1. The van der Waals surface area contributed by atoms with Gasteiger partial charge in [0.2, 0.25) is 15.9 Å². The molecule has 2 fully saturated rings. The number of nitrogens with one attached hydrogen (secondary N) is 1. The Bertz CT molecular complexity index is 672. The minimum absolute atomic E-state index is 0.0233. The molecule has 0 saturated carbocycles. The van der Waals surface area contributed by atoms with Crippen LogP contribution in [0.1, 0.15) is 18.4 Å². The Labute approximate surface area is 149 Å². The van der Waals surface area contributed by atoms with E-state index in [2.05, 4.69) is 5.43 Å². The third kappa shape index (κ3) is 4.78. The van der Waals surface area contributed by atoms with Crippen molar-refractivity contribution in [3.05, 3.63) is 35.9 Å². The van der Waals surface area contributed by atoms with E-state index in [0.717, 1.165) is 12.0 Å². The molecule has 1 unspecified atom stereocenters. The Morgan fingerprint density at radius 1 is 1.20 bits per heavy atom. The first-order valence-electron chi connectivity index (χ1n) is 8.70. The molecule has 138 valence electrons. The summed E-state index contributed by atoms with van der Waals surface area (Å²) < 4.78 is 32.3. The molecule has 3 rings (SSSR count). The van der Waals surface area contributed by atoms with Gasteiger partial charge in [0.15, 0.2) is 0 Å². The number of amides is 1. The molecule has 1 amide bonds. The van der Waals surface area contributed by atoms with Crippen LogP contribution in [-0.2, 0) is 25.3 Å². The molecule has 2 aliphatic rings. The molecule has 1 aromatic rings. The van der Waals surface area contributed by atoms with Crippen LogP contribution >= 0.6 is 0 Å². The summed E-state index contributed by atoms with van der Waals surface area (Å²) in [5.74, 6) is -0.361. The van der Waals surface area contributed by atoms with Crippen LogP contribution in [0.3, 0.4) is 0 Å². The predicted octanol–water partition coefficient (Wildman–Crippen LogP) is 0.592. The smallest absolute Gasteiger partial charge is 0.241 e. The van der Waals surface area contributed by atoms with E-state index in [1.165, 1.54) is 4.31 Å². The first-order valence-corrected chi connectivity index (χ1v) is 10.3. The Balaban J connectivity index is 1.64. The topological polar surface area (TPSA) is 79.0 Å². The van der Waals surface area contributed by atoms with Gasteiger partial charge in [0.25, 0.3) is 0 Å². The van der Waals surface area contributed by atoms with E-state index in [1.54, 1.807) is 5.01 Å². The maximum Gasteiger partial charge on any atom is 0.241 e. The van der Waals surface area contributed by atoms with Crippen LogP contribution in [0.5, 0.6) is 0 Å². The van der Waals surface area contributed by atoms with Gasteiger partial charge in [0, 0.05) is 19.6 Å². The summed E-state index contributed by atoms with van der Waals surface area (Å²) in [6.07, 6.45) is 1.42. The second kappa shape index (κ2) is 8.27. The zero-order valence-corrected chi connectivity index (χ0v) is 15.1. The molecule has 0 aromatic heterocycles. The van der Waals surface area contributed by atoms with Crippen LogP contribution in [0.2, 0.25) is 0 Å². The van der Waals surface area contributed by atoms with Crippen molar-refractivity contribution in [1.29, 1.82) is 0 Å². The zero-order valence-electron chi connectivity index (χ0n) is 14.3. The first kappa shape index (κ1) is 18.3. The maximum absolute atomic E-state index is 12.7. The fourth-order valence-electron chi connectivity index (χ4n) is 3.27. The molecular formula is C17H25N3O4S. The van der Waals surface area contributed by atoms with Gasteiger partial charge in [0.1, 0.15) is 0 Å². The van der Waals surface area contributed by atoms with Crippen LogP contribution in [0, 0.1) is 5.92 Å². The largest absolute Gasteiger partial charge is 0.378 e. The lowest BCUT2D eigenvalue weighted by Gasteiger charge is -2.34. The van der Waals surface area contributed by atoms with Crippen molar-refractivity contribution in [2.24, 2.45) is 5.92 Å². The normalized spacial score (nSPS) is 23.2. The monoisotopic (exact) mass is 367 g/mol. The molecule has 0 spiro atoms. The van der Waals surface area contributed by atoms with Crippen molar-refractivity contribution in [1.82, 2.24) is 14.7 Å². The summed E-state index contributed by atoms with van der Waals surface area (Å²) in [5, 5.41) is 1.59. The second-order valence-corrected chi connectivity index (χ2v) is 8.42. The van der Waals surface area contributed by atoms with Gasteiger partial charge in [-0.3, -0.25) is 9.80 Å². The van der Waals surface area contributed by atoms with Crippen molar-refractivity contribution >= 4 is 15.9 Å². The van der Waals surface area contributed by atoms with E-state index in [4.69, 9.17) is 4.74 Å². The van der Waals surface area contributed by atoms with E-state index >= 15 is 0 Å². The number of piperidine rings is 1. The molecule has 2 saturated heterocycles. The average Bonchev–Trinajstić information content (AvgIpc) is 2.91. The summed E-state index contributed by atoms with van der Waals surface area (Å²) >= 11 is 0. The van der Waals surface area contributed by atoms with E-state index in [-0.39, 0.29) is 24.1 Å². The average molecular weight is 367 g/mol. The molecule has 8 heteroatoms. The molecule has 1 aromatic carbocycles. The van der Waals surface area contributed by atoms with Gasteiger partial charge in [-0.05, 0) is 18.4 Å². The Kier molecular flexibility index (Phi) is 6.06. The zero-order chi connectivity index (χ0) is 17.7. The summed E-state index contributed by atoms with van der Waals surface area (Å²) in [7, 11) is -3.42. The number of hydrazine groups is 1. The van der Waals surface area contributed by atoms with E-state index in [1.807, 2.05) is 30.3 Å². The van der Waals surface area contributed by atoms with Gasteiger partial charge in [-0.1, -0.05) is 30.3 Å². The van der Waals surface area contributed by atoms with Crippen molar-refractivity contribution in [2.75, 3.05) is 39.4 Å². The van der Waals surface area contributed by atoms with Gasteiger partial charge in [-0.15, -0.1) is 0 Å². The number of hydrogen-bond donors (Lipinski definition) is 1. The van der Waals surface area contributed by atoms with Gasteiger partial charge < -0.3 is 4.74 Å². The molecule has 0 aliphatic carbocycles. The number of hydrogen-bond acceptors (Lipinski definition) is 5. The van der Waals surface area contributed by atoms with Gasteiger partial charge in [0.05, 0.1) is 31.4 Å². The maximum atomic E-state index is 12.7. The van der Waals surface area contributed by atoms with E-state index < -0.39 is 10.0 Å². The van der Waals surface area contributed by atoms with Crippen LogP contribution in [0.15, 0.2) is 30.3 Å². The highest BCUT2D eigenvalue weighted by molar-refractivity contribution is 7.88. The van der Waals surface area contributed by atoms with Crippen molar-refractivity contribution in [3.63, 3.8) is 0 Å². The Morgan fingerprint density at radius 2 is 2.00 bits per heavy atom. The lowest BCUT2D eigenvalue weighted by molar-refractivity contribution is -0.139. The molecular weight excluding hydrogens is 342 g/mol. The highest BCUT2D eigenvalue weighted by Gasteiger charge is 2.34. The summed E-state index contributed by atoms with van der Waals surface area (Å²) in [5.41, 5.74) is 3.83. The first-order chi connectivity index (χ1) is 12.1. The molecule has 0 bridgehead atoms. The molecule has 2 heterocycles. The lowest BCUT2D eigenvalue weighted by Crippen LogP contribution is -2.51. The van der Waals surface area contributed by atoms with Crippen molar-refractivity contribution in [2.45, 2.75) is 18.6 Å². The number of rotatable bonds is 4. The Hall–Kier alpha value is -1.48. The quantitative estimate of drug-likeness (QED) is 0.843. The third-order valence-corrected chi connectivity index (χ3v) is 6.41. The highest BCUT2D eigenvalue weighted by atomic mass is 32.2. The summed E-state index contributed by atoms with van der Waals surface area (Å²) in [6, 6.07) is 9.15. The second-order valence-electron chi connectivity index (χ2n) is 6.45. The number of carbonyl (C=O) groups excluding carboxylic acids is 1. The van der Waals surface area contributed by atoms with Crippen LogP contribution in [0.4, 0.5) is 0 Å². The predicted molar refractivity (Wildman–Crippen MR) is 93.9 cm³/mol. The number of sulfonamides is 1. The van der Waals surface area contributed by atoms with Gasteiger partial charge >= 0.3 is 0 Å². The summed E-state index contributed by atoms with van der Waals surface area (Å²) in [4.78, 5) is 12.7. The Morgan fingerprint density at radius 3 is 2.80 bits per heavy atom.